The fourth-order valence-electron chi connectivity index (χ4n) is 2.14. The maximum Gasteiger partial charge on any atom is 0.450 e. The van der Waals surface area contributed by atoms with Gasteiger partial charge in [0.15, 0.2) is 0 Å². The first-order valence-electron chi connectivity index (χ1n) is 5.97. The van der Waals surface area contributed by atoms with E-state index in [1.54, 1.807) is 0 Å². The molecule has 0 unspecified atom stereocenters. The number of hydrogen-bond acceptors (Lipinski definition) is 2. The summed E-state index contributed by atoms with van der Waals surface area (Å²) in [5.74, 6) is -1.60. The predicted octanol–water partition coefficient (Wildman–Crippen LogP) is 3.77. The van der Waals surface area contributed by atoms with E-state index in [1.165, 1.54) is 30.3 Å². The molecule has 0 spiro atoms. The number of halogens is 4. The molecule has 3 nitrogen and oxygen atoms in total. The average Bonchev–Trinajstić information content (AvgIpc) is 2.78. The molecule has 108 valence electrons. The molecule has 1 heterocycles. The molecule has 1 aromatic heterocycles. The molecule has 0 bridgehead atoms. The highest BCUT2D eigenvalue weighted by Crippen LogP contribution is 2.34. The van der Waals surface area contributed by atoms with Gasteiger partial charge in [0.2, 0.25) is 5.82 Å². The van der Waals surface area contributed by atoms with Crippen molar-refractivity contribution in [1.82, 2.24) is 9.55 Å². The van der Waals surface area contributed by atoms with Crippen LogP contribution in [0.25, 0.3) is 16.7 Å². The van der Waals surface area contributed by atoms with Crippen LogP contribution < -0.4 is 5.73 Å². The van der Waals surface area contributed by atoms with Crippen LogP contribution in [0.2, 0.25) is 0 Å². The molecule has 0 radical (unpaired) electrons. The van der Waals surface area contributed by atoms with Gasteiger partial charge in [-0.05, 0) is 42.5 Å². The molecule has 3 rings (SSSR count). The average molecular weight is 295 g/mol. The lowest BCUT2D eigenvalue weighted by Crippen LogP contribution is -2.13. The molecular formula is C14H9F4N3. The molecule has 0 amide bonds. The Morgan fingerprint density at radius 3 is 2.29 bits per heavy atom. The van der Waals surface area contributed by atoms with Crippen LogP contribution in [0.15, 0.2) is 42.5 Å². The fourth-order valence-corrected chi connectivity index (χ4v) is 2.14. The molecule has 3 aromatic rings. The highest BCUT2D eigenvalue weighted by atomic mass is 19.4. The SMILES string of the molecule is Nc1ccc2c(c1)nc(C(F)(F)F)n2-c1ccc(F)cc1. The van der Waals surface area contributed by atoms with E-state index in [0.717, 1.165) is 16.7 Å². The first kappa shape index (κ1) is 13.4. The number of aromatic nitrogens is 2. The smallest absolute Gasteiger partial charge is 0.399 e. The molecule has 0 saturated heterocycles. The van der Waals surface area contributed by atoms with E-state index in [2.05, 4.69) is 4.98 Å². The standard InChI is InChI=1S/C14H9F4N3/c15-8-1-4-10(5-2-8)21-12-6-3-9(19)7-11(12)20-13(21)14(16,17)18/h1-7H,19H2. The Hall–Kier alpha value is -2.57. The monoisotopic (exact) mass is 295 g/mol. The van der Waals surface area contributed by atoms with E-state index in [0.29, 0.717) is 5.69 Å². The first-order valence-corrected chi connectivity index (χ1v) is 5.97. The highest BCUT2D eigenvalue weighted by molar-refractivity contribution is 5.81. The molecule has 21 heavy (non-hydrogen) atoms. The van der Waals surface area contributed by atoms with Gasteiger partial charge in [0.1, 0.15) is 5.82 Å². The van der Waals surface area contributed by atoms with Gasteiger partial charge in [-0.2, -0.15) is 13.2 Å². The molecular weight excluding hydrogens is 286 g/mol. The number of hydrogen-bond donors (Lipinski definition) is 1. The van der Waals surface area contributed by atoms with Gasteiger partial charge in [-0.3, -0.25) is 4.57 Å². The maximum atomic E-state index is 13.2. The van der Waals surface area contributed by atoms with Crippen molar-refractivity contribution in [3.8, 4) is 5.69 Å². The van der Waals surface area contributed by atoms with E-state index in [1.807, 2.05) is 0 Å². The van der Waals surface area contributed by atoms with Gasteiger partial charge in [0.25, 0.3) is 0 Å². The number of nitrogen functional groups attached to an aromatic ring is 1. The van der Waals surface area contributed by atoms with Crippen molar-refractivity contribution in [2.24, 2.45) is 0 Å². The van der Waals surface area contributed by atoms with Gasteiger partial charge >= 0.3 is 6.18 Å². The molecule has 0 atom stereocenters. The van der Waals surface area contributed by atoms with Crippen molar-refractivity contribution in [3.63, 3.8) is 0 Å². The number of imidazole rings is 1. The number of nitrogens with zero attached hydrogens (tertiary/aromatic N) is 2. The number of fused-ring (bicyclic) bond motifs is 1. The number of anilines is 1. The summed E-state index contributed by atoms with van der Waals surface area (Å²) in [5, 5.41) is 0. The zero-order chi connectivity index (χ0) is 15.2. The van der Waals surface area contributed by atoms with Gasteiger partial charge < -0.3 is 5.73 Å². The lowest BCUT2D eigenvalue weighted by molar-refractivity contribution is -0.145. The molecule has 2 aromatic carbocycles. The molecule has 2 N–H and O–H groups in total. The summed E-state index contributed by atoms with van der Waals surface area (Å²) < 4.78 is 53.4. The molecule has 7 heteroatoms. The predicted molar refractivity (Wildman–Crippen MR) is 70.4 cm³/mol. The van der Waals surface area contributed by atoms with Crippen molar-refractivity contribution >= 4 is 16.7 Å². The zero-order valence-electron chi connectivity index (χ0n) is 10.5. The quantitative estimate of drug-likeness (QED) is 0.548. The molecule has 0 aliphatic rings. The summed E-state index contributed by atoms with van der Waals surface area (Å²) in [5.41, 5.74) is 6.45. The highest BCUT2D eigenvalue weighted by Gasteiger charge is 2.38. The van der Waals surface area contributed by atoms with Crippen molar-refractivity contribution in [2.45, 2.75) is 6.18 Å². The lowest BCUT2D eigenvalue weighted by atomic mass is 10.2. The molecule has 0 fully saturated rings. The Bertz CT molecular complexity index is 803. The minimum absolute atomic E-state index is 0.131. The third-order valence-electron chi connectivity index (χ3n) is 3.02. The lowest BCUT2D eigenvalue weighted by Gasteiger charge is -2.11. The van der Waals surface area contributed by atoms with Crippen molar-refractivity contribution < 1.29 is 17.6 Å². The second-order valence-electron chi connectivity index (χ2n) is 4.49. The van der Waals surface area contributed by atoms with Crippen LogP contribution in [-0.2, 0) is 6.18 Å². The van der Waals surface area contributed by atoms with Crippen LogP contribution in [-0.4, -0.2) is 9.55 Å². The maximum absolute atomic E-state index is 13.2. The summed E-state index contributed by atoms with van der Waals surface area (Å²) in [6.07, 6.45) is -4.64. The van der Waals surface area contributed by atoms with Crippen LogP contribution in [0.5, 0.6) is 0 Å². The second-order valence-corrected chi connectivity index (χ2v) is 4.49. The Balaban J connectivity index is 2.35. The Morgan fingerprint density at radius 2 is 1.67 bits per heavy atom. The normalized spacial score (nSPS) is 12.0. The summed E-state index contributed by atoms with van der Waals surface area (Å²) >= 11 is 0. The van der Waals surface area contributed by atoms with Gasteiger partial charge in [-0.15, -0.1) is 0 Å². The van der Waals surface area contributed by atoms with Gasteiger partial charge in [-0.1, -0.05) is 0 Å². The molecule has 0 aliphatic carbocycles. The number of alkyl halides is 3. The Kier molecular flexibility index (Phi) is 2.86. The summed E-state index contributed by atoms with van der Waals surface area (Å²) in [4.78, 5) is 3.61. The van der Waals surface area contributed by atoms with E-state index in [4.69, 9.17) is 5.73 Å². The summed E-state index contributed by atoms with van der Waals surface area (Å²) in [6, 6.07) is 9.03. The van der Waals surface area contributed by atoms with Crippen LogP contribution >= 0.6 is 0 Å². The van der Waals surface area contributed by atoms with E-state index < -0.39 is 17.8 Å². The Labute approximate surface area is 116 Å². The van der Waals surface area contributed by atoms with Crippen LogP contribution in [0, 0.1) is 5.82 Å². The van der Waals surface area contributed by atoms with Gasteiger partial charge in [-0.25, -0.2) is 9.37 Å². The van der Waals surface area contributed by atoms with Crippen molar-refractivity contribution in [1.29, 1.82) is 0 Å². The summed E-state index contributed by atoms with van der Waals surface area (Å²) in [6.45, 7) is 0. The van der Waals surface area contributed by atoms with Gasteiger partial charge in [0.05, 0.1) is 11.0 Å². The van der Waals surface area contributed by atoms with E-state index in [-0.39, 0.29) is 16.7 Å². The number of nitrogens with two attached hydrogens (primary N) is 1. The number of benzene rings is 2. The minimum atomic E-state index is -4.64. The van der Waals surface area contributed by atoms with E-state index in [9.17, 15) is 17.6 Å². The fraction of sp³-hybridized carbons (Fsp3) is 0.0714. The molecule has 0 saturated carbocycles. The van der Waals surface area contributed by atoms with Crippen LogP contribution in [0.4, 0.5) is 23.2 Å². The minimum Gasteiger partial charge on any atom is -0.399 e. The van der Waals surface area contributed by atoms with Gasteiger partial charge in [0, 0.05) is 11.4 Å². The van der Waals surface area contributed by atoms with E-state index >= 15 is 0 Å². The van der Waals surface area contributed by atoms with Crippen LogP contribution in [0.3, 0.4) is 0 Å². The Morgan fingerprint density at radius 1 is 1.00 bits per heavy atom. The number of rotatable bonds is 1. The largest absolute Gasteiger partial charge is 0.450 e. The van der Waals surface area contributed by atoms with Crippen LogP contribution in [0.1, 0.15) is 5.82 Å². The topological polar surface area (TPSA) is 43.8 Å². The summed E-state index contributed by atoms with van der Waals surface area (Å²) in [7, 11) is 0. The third-order valence-corrected chi connectivity index (χ3v) is 3.02. The van der Waals surface area contributed by atoms with Crippen molar-refractivity contribution in [3.05, 3.63) is 54.1 Å². The zero-order valence-corrected chi connectivity index (χ0v) is 10.5. The van der Waals surface area contributed by atoms with Crippen molar-refractivity contribution in [2.75, 3.05) is 5.73 Å². The molecule has 0 aliphatic heterocycles. The third kappa shape index (κ3) is 2.31. The second kappa shape index (κ2) is 4.47. The first-order chi connectivity index (χ1) is 9.86.